The van der Waals surface area contributed by atoms with E-state index in [4.69, 9.17) is 0 Å². The molecule has 2 aromatic heterocycles. The van der Waals surface area contributed by atoms with Crippen molar-refractivity contribution < 1.29 is 13.2 Å². The number of hydrogen-bond acceptors (Lipinski definition) is 5. The number of aromatic nitrogens is 4. The summed E-state index contributed by atoms with van der Waals surface area (Å²) in [5.74, 6) is 0.928. The molecule has 3 aromatic rings. The minimum absolute atomic E-state index is 0.00975. The zero-order chi connectivity index (χ0) is 22.3. The van der Waals surface area contributed by atoms with Crippen molar-refractivity contribution >= 4 is 11.5 Å². The van der Waals surface area contributed by atoms with Gasteiger partial charge in [-0.05, 0) is 55.9 Å². The summed E-state index contributed by atoms with van der Waals surface area (Å²) in [6.07, 6.45) is 1.91. The molecule has 1 saturated heterocycles. The summed E-state index contributed by atoms with van der Waals surface area (Å²) in [5, 5.41) is 16.5. The highest BCUT2D eigenvalue weighted by molar-refractivity contribution is 5.66. The van der Waals surface area contributed by atoms with Crippen LogP contribution in [0, 0.1) is 0 Å². The number of alkyl halides is 3. The Bertz CT molecular complexity index is 1120. The Morgan fingerprint density at radius 2 is 1.75 bits per heavy atom. The van der Waals surface area contributed by atoms with E-state index in [1.165, 1.54) is 23.3 Å². The zero-order valence-electron chi connectivity index (χ0n) is 17.9. The Morgan fingerprint density at radius 1 is 1.00 bits per heavy atom. The molecule has 0 atom stereocenters. The normalized spacial score (nSPS) is 16.9. The van der Waals surface area contributed by atoms with Crippen LogP contribution < -0.4 is 10.2 Å². The van der Waals surface area contributed by atoms with Gasteiger partial charge in [0, 0.05) is 43.6 Å². The van der Waals surface area contributed by atoms with E-state index in [1.807, 2.05) is 17.8 Å². The molecule has 5 rings (SSSR count). The van der Waals surface area contributed by atoms with Crippen molar-refractivity contribution in [2.24, 2.45) is 7.05 Å². The molecular weight excluding hydrogens is 417 g/mol. The molecule has 1 N–H and O–H groups in total. The third kappa shape index (κ3) is 3.80. The number of nitrogens with one attached hydrogen (secondary N) is 1. The van der Waals surface area contributed by atoms with Gasteiger partial charge < -0.3 is 10.2 Å². The average Bonchev–Trinajstić information content (AvgIpc) is 3.43. The first-order valence-corrected chi connectivity index (χ1v) is 11.0. The fourth-order valence-electron chi connectivity index (χ4n) is 4.85. The largest absolute Gasteiger partial charge is 0.418 e. The molecule has 1 fully saturated rings. The van der Waals surface area contributed by atoms with Gasteiger partial charge in [0.25, 0.3) is 0 Å². The molecule has 6 nitrogen and oxygen atoms in total. The number of fused-ring (bicyclic) bond motifs is 1. The van der Waals surface area contributed by atoms with Crippen LogP contribution in [-0.2, 0) is 26.1 Å². The lowest BCUT2D eigenvalue weighted by molar-refractivity contribution is -0.137. The number of halogens is 3. The number of aryl methyl sites for hydroxylation is 1. The first-order chi connectivity index (χ1) is 15.4. The molecule has 3 heterocycles. The Morgan fingerprint density at radius 3 is 2.47 bits per heavy atom. The van der Waals surface area contributed by atoms with Crippen LogP contribution in [0.4, 0.5) is 24.7 Å². The molecule has 0 amide bonds. The van der Waals surface area contributed by atoms with Gasteiger partial charge in [-0.25, -0.2) is 0 Å². The molecule has 2 aliphatic rings. The van der Waals surface area contributed by atoms with Crippen molar-refractivity contribution in [2.45, 2.75) is 44.3 Å². The summed E-state index contributed by atoms with van der Waals surface area (Å²) >= 11 is 0. The van der Waals surface area contributed by atoms with E-state index in [0.717, 1.165) is 68.5 Å². The summed E-state index contributed by atoms with van der Waals surface area (Å²) < 4.78 is 41.7. The second-order valence-electron chi connectivity index (χ2n) is 8.47. The molecule has 0 radical (unpaired) electrons. The number of rotatable bonds is 4. The molecule has 168 valence electrons. The van der Waals surface area contributed by atoms with E-state index in [0.29, 0.717) is 0 Å². The van der Waals surface area contributed by atoms with Gasteiger partial charge in [0.05, 0.1) is 11.3 Å². The van der Waals surface area contributed by atoms with Crippen molar-refractivity contribution in [3.05, 3.63) is 53.2 Å². The Balaban J connectivity index is 1.32. The highest BCUT2D eigenvalue weighted by atomic mass is 19.4. The number of nitrogens with zero attached hydrogens (tertiary/aromatic N) is 5. The second-order valence-corrected chi connectivity index (χ2v) is 8.47. The predicted octanol–water partition coefficient (Wildman–Crippen LogP) is 4.47. The van der Waals surface area contributed by atoms with E-state index >= 15 is 0 Å². The molecule has 1 aromatic carbocycles. The number of piperidine rings is 1. The van der Waals surface area contributed by atoms with E-state index in [9.17, 15) is 13.2 Å². The predicted molar refractivity (Wildman–Crippen MR) is 117 cm³/mol. The van der Waals surface area contributed by atoms with Crippen LogP contribution in [0.25, 0.3) is 11.4 Å². The number of para-hydroxylation sites is 1. The Kier molecular flexibility index (Phi) is 5.27. The number of anilines is 2. The summed E-state index contributed by atoms with van der Waals surface area (Å²) in [6.45, 7) is 1.47. The minimum Gasteiger partial charge on any atom is -0.382 e. The molecule has 0 saturated carbocycles. The summed E-state index contributed by atoms with van der Waals surface area (Å²) in [6, 6.07) is 7.63. The second kappa shape index (κ2) is 8.11. The van der Waals surface area contributed by atoms with Crippen LogP contribution >= 0.6 is 0 Å². The lowest BCUT2D eigenvalue weighted by Gasteiger charge is -2.34. The van der Waals surface area contributed by atoms with Gasteiger partial charge in [0.15, 0.2) is 5.82 Å². The van der Waals surface area contributed by atoms with Crippen LogP contribution in [-0.4, -0.2) is 39.1 Å². The van der Waals surface area contributed by atoms with Crippen LogP contribution in [0.1, 0.15) is 36.0 Å². The molecule has 32 heavy (non-hydrogen) atoms. The minimum atomic E-state index is -4.37. The lowest BCUT2D eigenvalue weighted by atomic mass is 10.0. The Hall–Kier alpha value is -3.10. The third-order valence-electron chi connectivity index (χ3n) is 6.47. The average molecular weight is 442 g/mol. The van der Waals surface area contributed by atoms with Gasteiger partial charge in [-0.1, -0.05) is 12.1 Å². The van der Waals surface area contributed by atoms with Crippen molar-refractivity contribution in [3.63, 3.8) is 0 Å². The maximum atomic E-state index is 13.3. The van der Waals surface area contributed by atoms with Gasteiger partial charge in [-0.2, -0.15) is 18.3 Å². The smallest absolute Gasteiger partial charge is 0.382 e. The molecule has 0 bridgehead atoms. The first-order valence-electron chi connectivity index (χ1n) is 11.0. The van der Waals surface area contributed by atoms with Gasteiger partial charge in [0.1, 0.15) is 5.69 Å². The molecule has 1 aliphatic carbocycles. The van der Waals surface area contributed by atoms with E-state index < -0.39 is 11.7 Å². The summed E-state index contributed by atoms with van der Waals surface area (Å²) in [5.41, 5.74) is 3.91. The van der Waals surface area contributed by atoms with Crippen LogP contribution in [0.3, 0.4) is 0 Å². The maximum Gasteiger partial charge on any atom is 0.418 e. The maximum absolute atomic E-state index is 13.3. The van der Waals surface area contributed by atoms with Crippen LogP contribution in [0.5, 0.6) is 0 Å². The van der Waals surface area contributed by atoms with Crippen molar-refractivity contribution in [2.75, 3.05) is 23.3 Å². The van der Waals surface area contributed by atoms with E-state index in [2.05, 4.69) is 25.5 Å². The highest BCUT2D eigenvalue weighted by Crippen LogP contribution is 2.37. The molecule has 1 aliphatic heterocycles. The topological polar surface area (TPSA) is 58.9 Å². The van der Waals surface area contributed by atoms with Crippen molar-refractivity contribution in [1.82, 2.24) is 20.0 Å². The molecular formula is C23H25F3N6. The number of benzene rings is 1. The van der Waals surface area contributed by atoms with Crippen molar-refractivity contribution in [1.29, 1.82) is 0 Å². The van der Waals surface area contributed by atoms with E-state index in [1.54, 1.807) is 12.3 Å². The fraction of sp³-hybridized carbons (Fsp3) is 0.435. The van der Waals surface area contributed by atoms with E-state index in [-0.39, 0.29) is 11.7 Å². The lowest BCUT2D eigenvalue weighted by Crippen LogP contribution is -2.40. The molecule has 0 unspecified atom stereocenters. The quantitative estimate of drug-likeness (QED) is 0.646. The molecule has 9 heteroatoms. The zero-order valence-corrected chi connectivity index (χ0v) is 17.9. The summed E-state index contributed by atoms with van der Waals surface area (Å²) in [7, 11) is 1.90. The fourth-order valence-corrected chi connectivity index (χ4v) is 4.85. The highest BCUT2D eigenvalue weighted by Gasteiger charge is 2.34. The van der Waals surface area contributed by atoms with Gasteiger partial charge in [-0.3, -0.25) is 4.68 Å². The monoisotopic (exact) mass is 442 g/mol. The van der Waals surface area contributed by atoms with Gasteiger partial charge >= 0.3 is 6.18 Å². The van der Waals surface area contributed by atoms with Gasteiger partial charge in [-0.15, -0.1) is 10.2 Å². The SMILES string of the molecule is Cn1nccc1-c1nnc(N2CCC(Nc3ccccc3C(F)(F)F)CC2)c2c1CCC2. The molecule has 0 spiro atoms. The van der Waals surface area contributed by atoms with Gasteiger partial charge in [0.2, 0.25) is 0 Å². The first kappa shape index (κ1) is 20.8. The van der Waals surface area contributed by atoms with Crippen molar-refractivity contribution in [3.8, 4) is 11.4 Å². The standard InChI is InChI=1S/C23H25F3N6/c1-31-20(9-12-27-31)21-16-5-4-6-17(16)22(30-29-21)32-13-10-15(11-14-32)28-19-8-3-2-7-18(19)23(24,25)26/h2-3,7-9,12,15,28H,4-6,10-11,13-14H2,1H3. The van der Waals surface area contributed by atoms with Crippen LogP contribution in [0.15, 0.2) is 36.5 Å². The number of hydrogen-bond donors (Lipinski definition) is 1. The Labute approximate surface area is 184 Å². The third-order valence-corrected chi connectivity index (χ3v) is 6.47. The summed E-state index contributed by atoms with van der Waals surface area (Å²) in [4.78, 5) is 2.23. The van der Waals surface area contributed by atoms with Crippen LogP contribution in [0.2, 0.25) is 0 Å².